The molecule has 3 nitrogen and oxygen atoms in total. The van der Waals surface area contributed by atoms with Gasteiger partial charge in [0, 0.05) is 17.9 Å². The van der Waals surface area contributed by atoms with Gasteiger partial charge in [0.2, 0.25) is 0 Å². The highest BCUT2D eigenvalue weighted by atomic mass is 35.5. The molecule has 18 heavy (non-hydrogen) atoms. The number of rotatable bonds is 6. The lowest BCUT2D eigenvalue weighted by Gasteiger charge is -2.07. The standard InChI is InChI=1S/C14H17ClO3/c1-10(2)14(17)18-12-7-5-11(6-8-12)13(16)4-3-9-15/h5-8,10H,3-4,9H2,1-2H3. The highest BCUT2D eigenvalue weighted by Gasteiger charge is 2.10. The van der Waals surface area contributed by atoms with Crippen LogP contribution in [0.15, 0.2) is 24.3 Å². The third-order valence-corrected chi connectivity index (χ3v) is 2.67. The van der Waals surface area contributed by atoms with Crippen LogP contribution in [0.4, 0.5) is 0 Å². The summed E-state index contributed by atoms with van der Waals surface area (Å²) in [6.07, 6.45) is 1.11. The van der Waals surface area contributed by atoms with Gasteiger partial charge in [-0.3, -0.25) is 9.59 Å². The van der Waals surface area contributed by atoms with Crippen LogP contribution in [0, 0.1) is 5.92 Å². The number of benzene rings is 1. The first-order chi connectivity index (χ1) is 8.54. The van der Waals surface area contributed by atoms with Gasteiger partial charge in [-0.05, 0) is 30.7 Å². The van der Waals surface area contributed by atoms with Crippen molar-refractivity contribution in [3.8, 4) is 5.75 Å². The van der Waals surface area contributed by atoms with Crippen molar-refractivity contribution in [3.05, 3.63) is 29.8 Å². The van der Waals surface area contributed by atoms with Crippen molar-refractivity contribution in [1.29, 1.82) is 0 Å². The van der Waals surface area contributed by atoms with Gasteiger partial charge in [0.15, 0.2) is 5.78 Å². The zero-order valence-electron chi connectivity index (χ0n) is 10.6. The van der Waals surface area contributed by atoms with Crippen LogP contribution < -0.4 is 4.74 Å². The first kappa shape index (κ1) is 14.7. The molecule has 0 saturated carbocycles. The molecule has 0 aliphatic rings. The number of Topliss-reactive ketones (excluding diaryl/α,β-unsaturated/α-hetero) is 1. The van der Waals surface area contributed by atoms with Gasteiger partial charge in [0.1, 0.15) is 5.75 Å². The maximum atomic E-state index is 11.7. The van der Waals surface area contributed by atoms with E-state index in [2.05, 4.69) is 0 Å². The molecule has 0 bridgehead atoms. The molecule has 4 heteroatoms. The molecule has 0 aliphatic heterocycles. The van der Waals surface area contributed by atoms with Gasteiger partial charge >= 0.3 is 5.97 Å². The van der Waals surface area contributed by atoms with Crippen molar-refractivity contribution in [2.24, 2.45) is 5.92 Å². The molecule has 1 rings (SSSR count). The van der Waals surface area contributed by atoms with E-state index in [1.807, 2.05) is 0 Å². The van der Waals surface area contributed by atoms with E-state index in [1.54, 1.807) is 38.1 Å². The van der Waals surface area contributed by atoms with Gasteiger partial charge in [0.05, 0.1) is 5.92 Å². The van der Waals surface area contributed by atoms with Crippen LogP contribution in [0.3, 0.4) is 0 Å². The van der Waals surface area contributed by atoms with Crippen molar-refractivity contribution >= 4 is 23.4 Å². The number of halogens is 1. The zero-order chi connectivity index (χ0) is 13.5. The molecule has 1 aromatic rings. The molecule has 0 unspecified atom stereocenters. The first-order valence-electron chi connectivity index (χ1n) is 5.95. The SMILES string of the molecule is CC(C)C(=O)Oc1ccc(C(=O)CCCCl)cc1. The summed E-state index contributed by atoms with van der Waals surface area (Å²) in [6, 6.07) is 6.60. The molecule has 1 aromatic carbocycles. The Labute approximate surface area is 112 Å². The lowest BCUT2D eigenvalue weighted by molar-refractivity contribution is -0.137. The quantitative estimate of drug-likeness (QED) is 0.343. The Morgan fingerprint density at radius 2 is 1.83 bits per heavy atom. The van der Waals surface area contributed by atoms with Crippen molar-refractivity contribution in [3.63, 3.8) is 0 Å². The van der Waals surface area contributed by atoms with Gasteiger partial charge in [-0.15, -0.1) is 11.6 Å². The number of alkyl halides is 1. The van der Waals surface area contributed by atoms with Crippen LogP contribution in [0.5, 0.6) is 5.75 Å². The maximum Gasteiger partial charge on any atom is 0.313 e. The monoisotopic (exact) mass is 268 g/mol. The summed E-state index contributed by atoms with van der Waals surface area (Å²) in [5.74, 6) is 0.543. The second kappa shape index (κ2) is 7.17. The highest BCUT2D eigenvalue weighted by molar-refractivity contribution is 6.18. The summed E-state index contributed by atoms with van der Waals surface area (Å²) in [7, 11) is 0. The van der Waals surface area contributed by atoms with E-state index in [1.165, 1.54) is 0 Å². The van der Waals surface area contributed by atoms with Gasteiger partial charge < -0.3 is 4.74 Å². The Morgan fingerprint density at radius 3 is 2.33 bits per heavy atom. The summed E-state index contributed by atoms with van der Waals surface area (Å²) in [4.78, 5) is 23.0. The average molecular weight is 269 g/mol. The molecule has 0 N–H and O–H groups in total. The highest BCUT2D eigenvalue weighted by Crippen LogP contribution is 2.15. The fourth-order valence-corrected chi connectivity index (χ4v) is 1.45. The van der Waals surface area contributed by atoms with Crippen molar-refractivity contribution in [1.82, 2.24) is 0 Å². The number of hydrogen-bond acceptors (Lipinski definition) is 3. The van der Waals surface area contributed by atoms with E-state index in [9.17, 15) is 9.59 Å². The number of esters is 1. The Hall–Kier alpha value is -1.35. The predicted octanol–water partition coefficient (Wildman–Crippen LogP) is 3.45. The van der Waals surface area contributed by atoms with E-state index < -0.39 is 0 Å². The number of ether oxygens (including phenoxy) is 1. The number of carbonyl (C=O) groups excluding carboxylic acids is 2. The largest absolute Gasteiger partial charge is 0.426 e. The molecule has 0 aliphatic carbocycles. The number of hydrogen-bond donors (Lipinski definition) is 0. The minimum atomic E-state index is -0.281. The summed E-state index contributed by atoms with van der Waals surface area (Å²) < 4.78 is 5.12. The molecule has 0 heterocycles. The normalized spacial score (nSPS) is 10.4. The van der Waals surface area contributed by atoms with Crippen LogP contribution in [-0.4, -0.2) is 17.6 Å². The van der Waals surface area contributed by atoms with Crippen LogP contribution >= 0.6 is 11.6 Å². The second-order valence-corrected chi connectivity index (χ2v) is 4.69. The summed E-state index contributed by atoms with van der Waals surface area (Å²) in [6.45, 7) is 3.54. The Kier molecular flexibility index (Phi) is 5.86. The van der Waals surface area contributed by atoms with Gasteiger partial charge in [-0.2, -0.15) is 0 Å². The molecule has 0 amide bonds. The molecule has 0 radical (unpaired) electrons. The fraction of sp³-hybridized carbons (Fsp3) is 0.429. The lowest BCUT2D eigenvalue weighted by Crippen LogP contribution is -2.14. The molecule has 0 aromatic heterocycles. The third kappa shape index (κ3) is 4.49. The third-order valence-electron chi connectivity index (χ3n) is 2.40. The molecular formula is C14H17ClO3. The van der Waals surface area contributed by atoms with Crippen LogP contribution in [0.1, 0.15) is 37.0 Å². The Bertz CT molecular complexity index is 410. The van der Waals surface area contributed by atoms with E-state index in [4.69, 9.17) is 16.3 Å². The van der Waals surface area contributed by atoms with Crippen molar-refractivity contribution < 1.29 is 14.3 Å². The van der Waals surface area contributed by atoms with Gasteiger partial charge in [0.25, 0.3) is 0 Å². The Morgan fingerprint density at radius 1 is 1.22 bits per heavy atom. The van der Waals surface area contributed by atoms with Crippen LogP contribution in [-0.2, 0) is 4.79 Å². The lowest BCUT2D eigenvalue weighted by atomic mass is 10.1. The zero-order valence-corrected chi connectivity index (χ0v) is 11.4. The topological polar surface area (TPSA) is 43.4 Å². The van der Waals surface area contributed by atoms with E-state index >= 15 is 0 Å². The Balaban J connectivity index is 2.62. The maximum absolute atomic E-state index is 11.7. The summed E-state index contributed by atoms with van der Waals surface area (Å²) in [5, 5.41) is 0. The van der Waals surface area contributed by atoms with Crippen LogP contribution in [0.25, 0.3) is 0 Å². The number of carbonyl (C=O) groups is 2. The van der Waals surface area contributed by atoms with E-state index in [0.29, 0.717) is 30.0 Å². The molecule has 0 atom stereocenters. The summed E-state index contributed by atoms with van der Waals surface area (Å²) >= 11 is 5.54. The number of ketones is 1. The van der Waals surface area contributed by atoms with Crippen molar-refractivity contribution in [2.45, 2.75) is 26.7 Å². The van der Waals surface area contributed by atoms with E-state index in [0.717, 1.165) is 0 Å². The molecule has 98 valence electrons. The first-order valence-corrected chi connectivity index (χ1v) is 6.49. The van der Waals surface area contributed by atoms with Crippen LogP contribution in [0.2, 0.25) is 0 Å². The molecule has 0 saturated heterocycles. The summed E-state index contributed by atoms with van der Waals surface area (Å²) in [5.41, 5.74) is 0.615. The molecular weight excluding hydrogens is 252 g/mol. The smallest absolute Gasteiger partial charge is 0.313 e. The predicted molar refractivity (Wildman–Crippen MR) is 71.2 cm³/mol. The minimum absolute atomic E-state index is 0.0531. The van der Waals surface area contributed by atoms with Gasteiger partial charge in [-0.25, -0.2) is 0 Å². The second-order valence-electron chi connectivity index (χ2n) is 4.32. The molecule has 0 spiro atoms. The fourth-order valence-electron chi connectivity index (χ4n) is 1.31. The van der Waals surface area contributed by atoms with Crippen molar-refractivity contribution in [2.75, 3.05) is 5.88 Å². The van der Waals surface area contributed by atoms with Gasteiger partial charge in [-0.1, -0.05) is 13.8 Å². The van der Waals surface area contributed by atoms with E-state index in [-0.39, 0.29) is 17.7 Å². The average Bonchev–Trinajstić information content (AvgIpc) is 2.36. The molecule has 0 fully saturated rings. The minimum Gasteiger partial charge on any atom is -0.426 e.